The van der Waals surface area contributed by atoms with Crippen molar-refractivity contribution in [2.45, 2.75) is 38.5 Å². The molecule has 0 aliphatic carbocycles. The summed E-state index contributed by atoms with van der Waals surface area (Å²) >= 11 is 0. The number of carbonyl (C=O) groups is 2. The third kappa shape index (κ3) is 3.99. The van der Waals surface area contributed by atoms with Crippen molar-refractivity contribution in [1.29, 1.82) is 0 Å². The van der Waals surface area contributed by atoms with Gasteiger partial charge >= 0.3 is 0 Å². The molecule has 2 aromatic heterocycles. The predicted molar refractivity (Wildman–Crippen MR) is 122 cm³/mol. The number of aryl methyl sites for hydroxylation is 1. The summed E-state index contributed by atoms with van der Waals surface area (Å²) in [5.74, 6) is 1.18. The average Bonchev–Trinajstić information content (AvgIpc) is 3.28. The van der Waals surface area contributed by atoms with Gasteiger partial charge in [0.2, 0.25) is 5.91 Å². The van der Waals surface area contributed by atoms with Crippen molar-refractivity contribution < 1.29 is 9.59 Å². The maximum absolute atomic E-state index is 13.4. The molecule has 2 unspecified atom stereocenters. The fourth-order valence-corrected chi connectivity index (χ4v) is 5.06. The Kier molecular flexibility index (Phi) is 5.64. The van der Waals surface area contributed by atoms with E-state index >= 15 is 0 Å². The summed E-state index contributed by atoms with van der Waals surface area (Å²) < 4.78 is 0. The third-order valence-electron chi connectivity index (χ3n) is 6.83. The number of H-pyrrole nitrogens is 1. The maximum atomic E-state index is 13.4. The fourth-order valence-electron chi connectivity index (χ4n) is 5.06. The molecule has 4 heterocycles. The van der Waals surface area contributed by atoms with E-state index in [4.69, 9.17) is 0 Å². The summed E-state index contributed by atoms with van der Waals surface area (Å²) in [5.41, 5.74) is 3.37. The van der Waals surface area contributed by atoms with Gasteiger partial charge in [-0.2, -0.15) is 0 Å². The number of amides is 2. The number of rotatable bonds is 3. The van der Waals surface area contributed by atoms with Crippen molar-refractivity contribution in [3.8, 4) is 0 Å². The van der Waals surface area contributed by atoms with E-state index in [0.29, 0.717) is 19.6 Å². The summed E-state index contributed by atoms with van der Waals surface area (Å²) in [4.78, 5) is 42.7. The number of nitrogens with one attached hydrogen (secondary N) is 1. The first-order chi connectivity index (χ1) is 15.6. The molecule has 0 saturated carbocycles. The minimum Gasteiger partial charge on any atom is -0.342 e. The van der Waals surface area contributed by atoms with Gasteiger partial charge in [0.1, 0.15) is 5.82 Å². The first-order valence-electron chi connectivity index (χ1n) is 11.5. The van der Waals surface area contributed by atoms with E-state index in [9.17, 15) is 9.59 Å². The number of benzene rings is 1. The monoisotopic (exact) mass is 431 g/mol. The number of nitrogens with zero attached hydrogens (tertiary/aromatic N) is 4. The Morgan fingerprint density at radius 3 is 2.66 bits per heavy atom. The molecule has 2 saturated heterocycles. The molecule has 0 spiro atoms. The molecule has 32 heavy (non-hydrogen) atoms. The van der Waals surface area contributed by atoms with Gasteiger partial charge in [-0.3, -0.25) is 9.59 Å². The summed E-state index contributed by atoms with van der Waals surface area (Å²) in [6.07, 6.45) is 5.41. The molecule has 0 bridgehead atoms. The molecule has 7 heteroatoms. The Balaban J connectivity index is 1.27. The lowest BCUT2D eigenvalue weighted by atomic mass is 9.92. The number of aromatic amines is 1. The van der Waals surface area contributed by atoms with Crippen molar-refractivity contribution >= 4 is 23.0 Å². The van der Waals surface area contributed by atoms with Gasteiger partial charge in [-0.25, -0.2) is 9.97 Å². The zero-order chi connectivity index (χ0) is 22.1. The maximum Gasteiger partial charge on any atom is 0.254 e. The minimum absolute atomic E-state index is 0.0342. The van der Waals surface area contributed by atoms with Crippen molar-refractivity contribution in [1.82, 2.24) is 24.8 Å². The van der Waals surface area contributed by atoms with Crippen LogP contribution in [0.4, 0.5) is 0 Å². The van der Waals surface area contributed by atoms with Crippen LogP contribution in [0.5, 0.6) is 0 Å². The van der Waals surface area contributed by atoms with Crippen LogP contribution in [-0.4, -0.2) is 62.7 Å². The molecule has 1 N–H and O–H groups in total. The summed E-state index contributed by atoms with van der Waals surface area (Å²) in [6.45, 7) is 4.62. The Labute approximate surface area is 187 Å². The van der Waals surface area contributed by atoms with E-state index in [1.165, 1.54) is 0 Å². The first kappa shape index (κ1) is 20.7. The lowest BCUT2D eigenvalue weighted by Crippen LogP contribution is -2.49. The Hall–Kier alpha value is -3.22. The number of fused-ring (bicyclic) bond motifs is 1. The number of carbonyl (C=O) groups excluding carboxylic acids is 2. The molecular weight excluding hydrogens is 402 g/mol. The zero-order valence-electron chi connectivity index (χ0n) is 18.5. The van der Waals surface area contributed by atoms with Crippen LogP contribution in [0.3, 0.4) is 0 Å². The lowest BCUT2D eigenvalue weighted by molar-refractivity contribution is -0.138. The molecule has 1 aromatic carbocycles. The molecule has 2 atom stereocenters. The second-order valence-corrected chi connectivity index (χ2v) is 9.03. The SMILES string of the molecule is Cc1ccccc1C(=O)N1CCCC(C(=O)N2CCCC(c3nc4ncccc4[nH]3)C2)C1. The van der Waals surface area contributed by atoms with Crippen molar-refractivity contribution in [2.24, 2.45) is 5.92 Å². The largest absolute Gasteiger partial charge is 0.342 e. The van der Waals surface area contributed by atoms with Crippen LogP contribution < -0.4 is 0 Å². The molecule has 2 fully saturated rings. The van der Waals surface area contributed by atoms with Gasteiger partial charge in [-0.1, -0.05) is 18.2 Å². The van der Waals surface area contributed by atoms with Crippen LogP contribution in [0.25, 0.3) is 11.2 Å². The Morgan fingerprint density at radius 2 is 1.81 bits per heavy atom. The number of pyridine rings is 1. The normalized spacial score (nSPS) is 21.7. The van der Waals surface area contributed by atoms with Crippen LogP contribution in [0.1, 0.15) is 53.3 Å². The highest BCUT2D eigenvalue weighted by atomic mass is 16.2. The standard InChI is InChI=1S/C25H29N5O2/c1-17-7-2-3-10-20(17)25(32)30-14-6-9-19(16-30)24(31)29-13-5-8-18(15-29)22-27-21-11-4-12-26-23(21)28-22/h2-4,7,10-12,18-19H,5-6,8-9,13-16H2,1H3,(H,26,27,28). The van der Waals surface area contributed by atoms with Gasteiger partial charge in [0, 0.05) is 43.9 Å². The smallest absolute Gasteiger partial charge is 0.254 e. The van der Waals surface area contributed by atoms with Crippen LogP contribution in [0.2, 0.25) is 0 Å². The van der Waals surface area contributed by atoms with Gasteiger partial charge in [-0.05, 0) is 56.4 Å². The Bertz CT molecular complexity index is 1110. The zero-order valence-corrected chi connectivity index (χ0v) is 18.5. The quantitative estimate of drug-likeness (QED) is 0.688. The summed E-state index contributed by atoms with van der Waals surface area (Å²) in [6, 6.07) is 11.6. The van der Waals surface area contributed by atoms with Gasteiger partial charge < -0.3 is 14.8 Å². The van der Waals surface area contributed by atoms with Crippen LogP contribution in [-0.2, 0) is 4.79 Å². The number of hydrogen-bond acceptors (Lipinski definition) is 4. The summed E-state index contributed by atoms with van der Waals surface area (Å²) in [5, 5.41) is 0. The number of imidazole rings is 1. The van der Waals surface area contributed by atoms with E-state index in [-0.39, 0.29) is 23.7 Å². The second kappa shape index (κ2) is 8.73. The van der Waals surface area contributed by atoms with Crippen molar-refractivity contribution in [3.05, 3.63) is 59.5 Å². The highest BCUT2D eigenvalue weighted by Crippen LogP contribution is 2.29. The molecule has 166 valence electrons. The van der Waals surface area contributed by atoms with Crippen LogP contribution in [0, 0.1) is 12.8 Å². The molecule has 5 rings (SSSR count). The van der Waals surface area contributed by atoms with Gasteiger partial charge in [-0.15, -0.1) is 0 Å². The second-order valence-electron chi connectivity index (χ2n) is 9.03. The number of likely N-dealkylation sites (tertiary alicyclic amines) is 2. The lowest BCUT2D eigenvalue weighted by Gasteiger charge is -2.38. The first-order valence-corrected chi connectivity index (χ1v) is 11.5. The molecule has 0 radical (unpaired) electrons. The topological polar surface area (TPSA) is 82.2 Å². The third-order valence-corrected chi connectivity index (χ3v) is 6.83. The average molecular weight is 432 g/mol. The Morgan fingerprint density at radius 1 is 1.00 bits per heavy atom. The van der Waals surface area contributed by atoms with Gasteiger partial charge in [0.25, 0.3) is 5.91 Å². The fraction of sp³-hybridized carbons (Fsp3) is 0.440. The van der Waals surface area contributed by atoms with Crippen LogP contribution in [0.15, 0.2) is 42.6 Å². The van der Waals surface area contributed by atoms with Crippen molar-refractivity contribution in [3.63, 3.8) is 0 Å². The molecule has 3 aromatic rings. The van der Waals surface area contributed by atoms with E-state index < -0.39 is 0 Å². The van der Waals surface area contributed by atoms with Gasteiger partial charge in [0.15, 0.2) is 5.65 Å². The van der Waals surface area contributed by atoms with E-state index in [1.54, 1.807) is 6.20 Å². The van der Waals surface area contributed by atoms with Crippen molar-refractivity contribution in [2.75, 3.05) is 26.2 Å². The van der Waals surface area contributed by atoms with E-state index in [2.05, 4.69) is 15.0 Å². The van der Waals surface area contributed by atoms with Crippen LogP contribution >= 0.6 is 0 Å². The van der Waals surface area contributed by atoms with E-state index in [1.807, 2.05) is 53.1 Å². The number of hydrogen-bond donors (Lipinski definition) is 1. The highest BCUT2D eigenvalue weighted by Gasteiger charge is 2.34. The number of aromatic nitrogens is 3. The molecule has 7 nitrogen and oxygen atoms in total. The minimum atomic E-state index is -0.132. The predicted octanol–water partition coefficient (Wildman–Crippen LogP) is 3.52. The van der Waals surface area contributed by atoms with Gasteiger partial charge in [0.05, 0.1) is 11.4 Å². The van der Waals surface area contributed by atoms with E-state index in [0.717, 1.165) is 60.3 Å². The highest BCUT2D eigenvalue weighted by molar-refractivity contribution is 5.96. The summed E-state index contributed by atoms with van der Waals surface area (Å²) in [7, 11) is 0. The molecule has 2 amide bonds. The molecule has 2 aliphatic rings. The number of piperidine rings is 2. The molecule has 2 aliphatic heterocycles. The molecular formula is C25H29N5O2.